The average molecular weight is 269 g/mol. The van der Waals surface area contributed by atoms with Crippen molar-refractivity contribution in [3.05, 3.63) is 29.6 Å². The second kappa shape index (κ2) is 7.46. The molecule has 0 aromatic heterocycles. The zero-order chi connectivity index (χ0) is 14.4. The van der Waals surface area contributed by atoms with E-state index in [9.17, 15) is 4.39 Å². The summed E-state index contributed by atoms with van der Waals surface area (Å²) in [4.78, 5) is 0. The molecule has 19 heavy (non-hydrogen) atoms. The largest absolute Gasteiger partial charge is 0.494 e. The third-order valence-electron chi connectivity index (χ3n) is 3.16. The summed E-state index contributed by atoms with van der Waals surface area (Å²) >= 11 is 0. The van der Waals surface area contributed by atoms with E-state index in [-0.39, 0.29) is 23.7 Å². The molecule has 0 saturated carbocycles. The number of hydrogen-bond acceptors (Lipinski definition) is 3. The van der Waals surface area contributed by atoms with E-state index in [0.29, 0.717) is 24.5 Å². The molecule has 0 amide bonds. The van der Waals surface area contributed by atoms with Crippen molar-refractivity contribution in [2.24, 2.45) is 11.7 Å². The van der Waals surface area contributed by atoms with Gasteiger partial charge in [-0.3, -0.25) is 0 Å². The van der Waals surface area contributed by atoms with Crippen molar-refractivity contribution in [2.75, 3.05) is 13.7 Å². The first-order valence-corrected chi connectivity index (χ1v) is 6.69. The number of nitrogens with two attached hydrogens (primary N) is 1. The quantitative estimate of drug-likeness (QED) is 0.828. The molecule has 1 aromatic rings. The lowest BCUT2D eigenvalue weighted by molar-refractivity contribution is 0.0126. The second-order valence-corrected chi connectivity index (χ2v) is 4.97. The number of hydrogen-bond donors (Lipinski definition) is 1. The molecule has 0 spiro atoms. The third kappa shape index (κ3) is 4.18. The van der Waals surface area contributed by atoms with E-state index in [1.54, 1.807) is 18.2 Å². The fourth-order valence-corrected chi connectivity index (χ4v) is 2.24. The van der Waals surface area contributed by atoms with Crippen molar-refractivity contribution in [1.29, 1.82) is 0 Å². The molecule has 0 heterocycles. The van der Waals surface area contributed by atoms with E-state index < -0.39 is 0 Å². The molecule has 108 valence electrons. The van der Waals surface area contributed by atoms with Crippen molar-refractivity contribution in [3.8, 4) is 5.75 Å². The van der Waals surface area contributed by atoms with Gasteiger partial charge in [-0.25, -0.2) is 4.39 Å². The molecule has 0 fully saturated rings. The van der Waals surface area contributed by atoms with Crippen LogP contribution in [0.1, 0.15) is 26.3 Å². The van der Waals surface area contributed by atoms with Crippen LogP contribution in [0.3, 0.4) is 0 Å². The maximum absolute atomic E-state index is 14.1. The Morgan fingerprint density at radius 1 is 1.32 bits per heavy atom. The van der Waals surface area contributed by atoms with Crippen LogP contribution < -0.4 is 10.5 Å². The lowest BCUT2D eigenvalue weighted by Gasteiger charge is -2.27. The summed E-state index contributed by atoms with van der Waals surface area (Å²) in [5.41, 5.74) is 6.73. The van der Waals surface area contributed by atoms with Crippen molar-refractivity contribution in [1.82, 2.24) is 0 Å². The highest BCUT2D eigenvalue weighted by Gasteiger charge is 2.23. The monoisotopic (exact) mass is 269 g/mol. The van der Waals surface area contributed by atoms with Crippen LogP contribution in [-0.4, -0.2) is 25.9 Å². The standard InChI is InChI=1S/C15H24FNO2/c1-5-19-15(10(2)3)12(17)9-11-7-6-8-13(18-4)14(11)16/h6-8,10,12,15H,5,9,17H2,1-4H3. The molecule has 0 bridgehead atoms. The molecule has 2 N–H and O–H groups in total. The van der Waals surface area contributed by atoms with Crippen LogP contribution in [0.2, 0.25) is 0 Å². The van der Waals surface area contributed by atoms with Crippen LogP contribution >= 0.6 is 0 Å². The molecular weight excluding hydrogens is 245 g/mol. The van der Waals surface area contributed by atoms with Crippen LogP contribution in [0.15, 0.2) is 18.2 Å². The zero-order valence-electron chi connectivity index (χ0n) is 12.2. The van der Waals surface area contributed by atoms with Crippen LogP contribution in [0.5, 0.6) is 5.75 Å². The number of ether oxygens (including phenoxy) is 2. The number of methoxy groups -OCH3 is 1. The van der Waals surface area contributed by atoms with Gasteiger partial charge in [0.25, 0.3) is 0 Å². The topological polar surface area (TPSA) is 44.5 Å². The Labute approximate surface area is 114 Å². The normalized spacial score (nSPS) is 14.5. The molecule has 0 radical (unpaired) electrons. The Morgan fingerprint density at radius 3 is 2.53 bits per heavy atom. The molecule has 1 aromatic carbocycles. The second-order valence-electron chi connectivity index (χ2n) is 4.97. The Hall–Kier alpha value is -1.13. The smallest absolute Gasteiger partial charge is 0.168 e. The lowest BCUT2D eigenvalue weighted by atomic mass is 9.94. The molecule has 4 heteroatoms. The molecular formula is C15H24FNO2. The van der Waals surface area contributed by atoms with E-state index in [4.69, 9.17) is 15.2 Å². The molecule has 0 saturated heterocycles. The summed E-state index contributed by atoms with van der Waals surface area (Å²) < 4.78 is 24.7. The minimum absolute atomic E-state index is 0.0735. The third-order valence-corrected chi connectivity index (χ3v) is 3.16. The Kier molecular flexibility index (Phi) is 6.25. The highest BCUT2D eigenvalue weighted by atomic mass is 19.1. The fraction of sp³-hybridized carbons (Fsp3) is 0.600. The predicted octanol–water partition coefficient (Wildman–Crippen LogP) is 2.77. The molecule has 2 atom stereocenters. The number of rotatable bonds is 7. The summed E-state index contributed by atoms with van der Waals surface area (Å²) in [6.07, 6.45) is 0.363. The van der Waals surface area contributed by atoms with Gasteiger partial charge < -0.3 is 15.2 Å². The van der Waals surface area contributed by atoms with Gasteiger partial charge in [-0.15, -0.1) is 0 Å². The molecule has 0 aliphatic rings. The van der Waals surface area contributed by atoms with Gasteiger partial charge in [0.2, 0.25) is 0 Å². The van der Waals surface area contributed by atoms with Crippen LogP contribution in [0.25, 0.3) is 0 Å². The maximum Gasteiger partial charge on any atom is 0.168 e. The van der Waals surface area contributed by atoms with Gasteiger partial charge in [0, 0.05) is 12.6 Å². The van der Waals surface area contributed by atoms with Gasteiger partial charge in [0.05, 0.1) is 13.2 Å². The van der Waals surface area contributed by atoms with E-state index in [0.717, 1.165) is 0 Å². The first-order chi connectivity index (χ1) is 9.01. The minimum Gasteiger partial charge on any atom is -0.494 e. The lowest BCUT2D eigenvalue weighted by Crippen LogP contribution is -2.42. The first kappa shape index (κ1) is 15.9. The average Bonchev–Trinajstić information content (AvgIpc) is 2.37. The van der Waals surface area contributed by atoms with Gasteiger partial charge in [-0.2, -0.15) is 0 Å². The predicted molar refractivity (Wildman–Crippen MR) is 74.9 cm³/mol. The molecule has 3 nitrogen and oxygen atoms in total. The molecule has 0 aliphatic carbocycles. The van der Waals surface area contributed by atoms with Crippen molar-refractivity contribution >= 4 is 0 Å². The van der Waals surface area contributed by atoms with E-state index in [1.807, 2.05) is 6.92 Å². The molecule has 2 unspecified atom stereocenters. The highest BCUT2D eigenvalue weighted by Crippen LogP contribution is 2.22. The zero-order valence-corrected chi connectivity index (χ0v) is 12.2. The summed E-state index contributed by atoms with van der Waals surface area (Å²) in [5.74, 6) is 0.213. The summed E-state index contributed by atoms with van der Waals surface area (Å²) in [6, 6.07) is 4.88. The summed E-state index contributed by atoms with van der Waals surface area (Å²) in [6.45, 7) is 6.66. The van der Waals surface area contributed by atoms with Crippen molar-refractivity contribution in [3.63, 3.8) is 0 Å². The Balaban J connectivity index is 2.83. The Morgan fingerprint density at radius 2 is 2.00 bits per heavy atom. The maximum atomic E-state index is 14.1. The van der Waals surface area contributed by atoms with Crippen molar-refractivity contribution in [2.45, 2.75) is 39.3 Å². The van der Waals surface area contributed by atoms with E-state index in [2.05, 4.69) is 13.8 Å². The van der Waals surface area contributed by atoms with Crippen LogP contribution in [0.4, 0.5) is 4.39 Å². The van der Waals surface area contributed by atoms with Gasteiger partial charge in [-0.1, -0.05) is 26.0 Å². The molecule has 0 aliphatic heterocycles. The number of benzene rings is 1. The van der Waals surface area contributed by atoms with Gasteiger partial charge in [0.1, 0.15) is 0 Å². The fourth-order valence-electron chi connectivity index (χ4n) is 2.24. The van der Waals surface area contributed by atoms with Crippen molar-refractivity contribution < 1.29 is 13.9 Å². The van der Waals surface area contributed by atoms with Gasteiger partial charge in [-0.05, 0) is 30.9 Å². The number of halogens is 1. The Bertz CT molecular complexity index is 396. The van der Waals surface area contributed by atoms with Crippen LogP contribution in [0, 0.1) is 11.7 Å². The summed E-state index contributed by atoms with van der Waals surface area (Å²) in [7, 11) is 1.46. The van der Waals surface area contributed by atoms with E-state index in [1.165, 1.54) is 7.11 Å². The van der Waals surface area contributed by atoms with E-state index >= 15 is 0 Å². The molecule has 1 rings (SSSR count). The summed E-state index contributed by atoms with van der Waals surface area (Å²) in [5, 5.41) is 0. The highest BCUT2D eigenvalue weighted by molar-refractivity contribution is 5.31. The minimum atomic E-state index is -0.334. The van der Waals surface area contributed by atoms with Gasteiger partial charge in [0.15, 0.2) is 11.6 Å². The van der Waals surface area contributed by atoms with Gasteiger partial charge >= 0.3 is 0 Å². The van der Waals surface area contributed by atoms with Crippen LogP contribution in [-0.2, 0) is 11.2 Å². The first-order valence-electron chi connectivity index (χ1n) is 6.69. The SMILES string of the molecule is CCOC(C(C)C)C(N)Cc1cccc(OC)c1F.